The van der Waals surface area contributed by atoms with Crippen molar-refractivity contribution in [3.8, 4) is 0 Å². The number of aryl methyl sites for hydroxylation is 1. The topological polar surface area (TPSA) is 66.5 Å². The molecule has 1 aliphatic heterocycles. The van der Waals surface area contributed by atoms with Crippen LogP contribution in [0.1, 0.15) is 25.0 Å². The summed E-state index contributed by atoms with van der Waals surface area (Å²) in [6.07, 6.45) is 0.616. The second-order valence-electron chi connectivity index (χ2n) is 6.44. The second-order valence-corrected chi connectivity index (χ2v) is 9.86. The molecule has 0 saturated carbocycles. The predicted octanol–water partition coefficient (Wildman–Crippen LogP) is 4.62. The summed E-state index contributed by atoms with van der Waals surface area (Å²) in [5.41, 5.74) is 2.76. The molecule has 0 radical (unpaired) electrons. The molecule has 0 saturated heterocycles. The summed E-state index contributed by atoms with van der Waals surface area (Å²) in [5.74, 6) is -0.175. The SMILES string of the molecule is CC(=O)N1c2c(cc(Br)cc2S(=O)(=O)Nc2ccc(C)cc2Br)CC1C. The average Bonchev–Trinajstić information content (AvgIpc) is 2.84. The van der Waals surface area contributed by atoms with E-state index in [2.05, 4.69) is 36.6 Å². The van der Waals surface area contributed by atoms with E-state index in [1.165, 1.54) is 13.0 Å². The number of carbonyl (C=O) groups is 1. The molecule has 1 aliphatic rings. The molecule has 1 amide bonds. The fourth-order valence-electron chi connectivity index (χ4n) is 3.26. The number of rotatable bonds is 3. The highest BCUT2D eigenvalue weighted by Crippen LogP contribution is 2.41. The van der Waals surface area contributed by atoms with Crippen LogP contribution >= 0.6 is 31.9 Å². The molecule has 0 aromatic heterocycles. The monoisotopic (exact) mass is 500 g/mol. The summed E-state index contributed by atoms with van der Waals surface area (Å²) in [6.45, 7) is 5.29. The van der Waals surface area contributed by atoms with Gasteiger partial charge in [0.2, 0.25) is 5.91 Å². The van der Waals surface area contributed by atoms with E-state index in [0.29, 0.717) is 26.7 Å². The fraction of sp³-hybridized carbons (Fsp3) is 0.278. The highest BCUT2D eigenvalue weighted by atomic mass is 79.9. The van der Waals surface area contributed by atoms with E-state index in [4.69, 9.17) is 0 Å². The van der Waals surface area contributed by atoms with Crippen LogP contribution in [0.2, 0.25) is 0 Å². The van der Waals surface area contributed by atoms with E-state index in [-0.39, 0.29) is 16.8 Å². The Hall–Kier alpha value is -1.38. The summed E-state index contributed by atoms with van der Waals surface area (Å²) >= 11 is 6.78. The van der Waals surface area contributed by atoms with Gasteiger partial charge in [0.1, 0.15) is 4.90 Å². The zero-order valence-electron chi connectivity index (χ0n) is 14.5. The smallest absolute Gasteiger partial charge is 0.264 e. The van der Waals surface area contributed by atoms with Gasteiger partial charge in [-0.3, -0.25) is 9.52 Å². The normalized spacial score (nSPS) is 16.5. The van der Waals surface area contributed by atoms with E-state index >= 15 is 0 Å². The van der Waals surface area contributed by atoms with Gasteiger partial charge < -0.3 is 4.90 Å². The van der Waals surface area contributed by atoms with Crippen LogP contribution in [0, 0.1) is 6.92 Å². The van der Waals surface area contributed by atoms with Gasteiger partial charge in [0.25, 0.3) is 10.0 Å². The molecule has 2 aromatic rings. The molecule has 2 aromatic carbocycles. The Labute approximate surface area is 170 Å². The first-order valence-corrected chi connectivity index (χ1v) is 11.1. The molecule has 3 rings (SSSR count). The molecule has 5 nitrogen and oxygen atoms in total. The molecular weight excluding hydrogens is 484 g/mol. The Morgan fingerprint density at radius 1 is 1.23 bits per heavy atom. The van der Waals surface area contributed by atoms with Gasteiger partial charge in [-0.1, -0.05) is 22.0 Å². The highest BCUT2D eigenvalue weighted by molar-refractivity contribution is 9.10. The van der Waals surface area contributed by atoms with Crippen molar-refractivity contribution in [2.24, 2.45) is 0 Å². The summed E-state index contributed by atoms with van der Waals surface area (Å²) in [5, 5.41) is 0. The minimum Gasteiger partial charge on any atom is -0.308 e. The van der Waals surface area contributed by atoms with Crippen molar-refractivity contribution in [1.29, 1.82) is 0 Å². The van der Waals surface area contributed by atoms with Crippen LogP contribution in [0.3, 0.4) is 0 Å². The molecule has 0 fully saturated rings. The van der Waals surface area contributed by atoms with Crippen LogP contribution in [0.5, 0.6) is 0 Å². The lowest BCUT2D eigenvalue weighted by Crippen LogP contribution is -2.34. The van der Waals surface area contributed by atoms with Crippen LogP contribution < -0.4 is 9.62 Å². The van der Waals surface area contributed by atoms with Gasteiger partial charge >= 0.3 is 0 Å². The van der Waals surface area contributed by atoms with Crippen LogP contribution in [-0.4, -0.2) is 20.4 Å². The third-order valence-electron chi connectivity index (χ3n) is 4.31. The second kappa shape index (κ2) is 6.98. The summed E-state index contributed by atoms with van der Waals surface area (Å²) in [7, 11) is -3.89. The number of nitrogens with zero attached hydrogens (tertiary/aromatic N) is 1. The van der Waals surface area contributed by atoms with Crippen LogP contribution in [0.4, 0.5) is 11.4 Å². The molecule has 26 heavy (non-hydrogen) atoms. The first-order chi connectivity index (χ1) is 12.1. The van der Waals surface area contributed by atoms with Gasteiger partial charge in [-0.05, 0) is 71.6 Å². The summed E-state index contributed by atoms with van der Waals surface area (Å²) in [4.78, 5) is 13.8. The van der Waals surface area contributed by atoms with Crippen molar-refractivity contribution < 1.29 is 13.2 Å². The Kier molecular flexibility index (Phi) is 5.20. The van der Waals surface area contributed by atoms with Crippen LogP contribution in [-0.2, 0) is 21.2 Å². The molecule has 1 N–H and O–H groups in total. The van der Waals surface area contributed by atoms with Crippen molar-refractivity contribution in [2.75, 3.05) is 9.62 Å². The van der Waals surface area contributed by atoms with Crippen molar-refractivity contribution in [1.82, 2.24) is 0 Å². The molecule has 8 heteroatoms. The zero-order chi connectivity index (χ0) is 19.2. The Morgan fingerprint density at radius 2 is 1.92 bits per heavy atom. The van der Waals surface area contributed by atoms with Crippen molar-refractivity contribution in [3.05, 3.63) is 50.4 Å². The number of benzene rings is 2. The molecule has 138 valence electrons. The van der Waals surface area contributed by atoms with E-state index in [0.717, 1.165) is 11.1 Å². The number of sulfonamides is 1. The van der Waals surface area contributed by atoms with Gasteiger partial charge in [0.15, 0.2) is 0 Å². The molecule has 1 unspecified atom stereocenters. The minimum atomic E-state index is -3.89. The van der Waals surface area contributed by atoms with Gasteiger partial charge in [-0.25, -0.2) is 8.42 Å². The maximum absolute atomic E-state index is 13.1. The maximum atomic E-state index is 13.1. The van der Waals surface area contributed by atoms with Crippen LogP contribution in [0.25, 0.3) is 0 Å². The van der Waals surface area contributed by atoms with E-state index < -0.39 is 10.0 Å². The quantitative estimate of drug-likeness (QED) is 0.667. The number of fused-ring (bicyclic) bond motifs is 1. The zero-order valence-corrected chi connectivity index (χ0v) is 18.5. The average molecular weight is 502 g/mol. The predicted molar refractivity (Wildman–Crippen MR) is 110 cm³/mol. The lowest BCUT2D eigenvalue weighted by atomic mass is 10.1. The number of hydrogen-bond donors (Lipinski definition) is 1. The number of halogens is 2. The van der Waals surface area contributed by atoms with Crippen LogP contribution in [0.15, 0.2) is 44.2 Å². The largest absolute Gasteiger partial charge is 0.308 e. The molecular formula is C18H18Br2N2O3S. The third-order valence-corrected chi connectivity index (χ3v) is 6.81. The lowest BCUT2D eigenvalue weighted by molar-refractivity contribution is -0.116. The number of amides is 1. The van der Waals surface area contributed by atoms with Crippen molar-refractivity contribution in [3.63, 3.8) is 0 Å². The number of nitrogens with one attached hydrogen (secondary N) is 1. The lowest BCUT2D eigenvalue weighted by Gasteiger charge is -2.23. The Bertz CT molecular complexity index is 1010. The van der Waals surface area contributed by atoms with E-state index in [1.807, 2.05) is 32.0 Å². The minimum absolute atomic E-state index is 0.0862. The van der Waals surface area contributed by atoms with Gasteiger partial charge in [0, 0.05) is 21.9 Å². The van der Waals surface area contributed by atoms with Gasteiger partial charge in [0.05, 0.1) is 11.4 Å². The van der Waals surface area contributed by atoms with Crippen molar-refractivity contribution >= 4 is 59.2 Å². The van der Waals surface area contributed by atoms with Gasteiger partial charge in [-0.2, -0.15) is 0 Å². The summed E-state index contributed by atoms with van der Waals surface area (Å²) in [6, 6.07) is 8.70. The molecule has 1 heterocycles. The Balaban J connectivity index is 2.13. The maximum Gasteiger partial charge on any atom is 0.264 e. The standard InChI is InChI=1S/C18H18Br2N2O3S/c1-10-4-5-16(15(20)6-10)21-26(24,25)17-9-14(19)8-13-7-11(2)22(12(3)23)18(13)17/h4-6,8-9,11,21H,7H2,1-3H3. The van der Waals surface area contributed by atoms with E-state index in [1.54, 1.807) is 11.0 Å². The third kappa shape index (κ3) is 3.54. The number of hydrogen-bond acceptors (Lipinski definition) is 3. The first kappa shape index (κ1) is 19.4. The van der Waals surface area contributed by atoms with Crippen molar-refractivity contribution in [2.45, 2.75) is 38.1 Å². The summed E-state index contributed by atoms with van der Waals surface area (Å²) < 4.78 is 30.2. The first-order valence-electron chi connectivity index (χ1n) is 8.01. The Morgan fingerprint density at radius 3 is 2.54 bits per heavy atom. The number of carbonyl (C=O) groups excluding carboxylic acids is 1. The van der Waals surface area contributed by atoms with Gasteiger partial charge in [-0.15, -0.1) is 0 Å². The fourth-order valence-corrected chi connectivity index (χ4v) is 5.99. The molecule has 0 spiro atoms. The number of anilines is 2. The molecule has 0 bridgehead atoms. The highest BCUT2D eigenvalue weighted by Gasteiger charge is 2.35. The molecule has 0 aliphatic carbocycles. The molecule has 1 atom stereocenters. The van der Waals surface area contributed by atoms with E-state index in [9.17, 15) is 13.2 Å².